The summed E-state index contributed by atoms with van der Waals surface area (Å²) in [6.07, 6.45) is 5.56. The molecule has 1 N–H and O–H groups in total. The number of carboxylic acids is 1. The zero-order valence-electron chi connectivity index (χ0n) is 12.3. The maximum absolute atomic E-state index is 12.4. The largest absolute Gasteiger partial charge is 0.476 e. The summed E-state index contributed by atoms with van der Waals surface area (Å²) in [5, 5.41) is 16.4. The molecule has 22 heavy (non-hydrogen) atoms. The Labute approximate surface area is 128 Å². The van der Waals surface area contributed by atoms with Crippen LogP contribution in [0.2, 0.25) is 0 Å². The highest BCUT2D eigenvalue weighted by molar-refractivity contribution is 5.84. The zero-order chi connectivity index (χ0) is 15.5. The maximum Gasteiger partial charge on any atom is 0.358 e. The van der Waals surface area contributed by atoms with E-state index in [2.05, 4.69) is 10.3 Å². The number of ether oxygens (including phenoxy) is 1. The van der Waals surface area contributed by atoms with Crippen molar-refractivity contribution in [3.63, 3.8) is 0 Å². The molecule has 8 nitrogen and oxygen atoms in total. The number of carbonyl (C=O) groups excluding carboxylic acids is 1. The average Bonchev–Trinajstić information content (AvgIpc) is 3.05. The topological polar surface area (TPSA) is 97.5 Å². The summed E-state index contributed by atoms with van der Waals surface area (Å²) in [5.41, 5.74) is -0.0471. The first-order valence-corrected chi connectivity index (χ1v) is 7.70. The van der Waals surface area contributed by atoms with E-state index in [-0.39, 0.29) is 23.7 Å². The standard InChI is InChI=1S/C14H20N4O4/c19-13(12-3-1-2-8-22-12)17-6-4-10(5-7-17)18-9-11(14(20)21)15-16-18/h9-10,12H,1-8H2,(H,20,21). The fourth-order valence-electron chi connectivity index (χ4n) is 3.04. The Hall–Kier alpha value is -1.96. The summed E-state index contributed by atoms with van der Waals surface area (Å²) in [7, 11) is 0. The molecule has 2 aliphatic rings. The van der Waals surface area contributed by atoms with Gasteiger partial charge in [0.15, 0.2) is 5.69 Å². The van der Waals surface area contributed by atoms with E-state index in [0.29, 0.717) is 19.7 Å². The highest BCUT2D eigenvalue weighted by Crippen LogP contribution is 2.24. The van der Waals surface area contributed by atoms with E-state index in [1.807, 2.05) is 4.90 Å². The van der Waals surface area contributed by atoms with Gasteiger partial charge >= 0.3 is 5.97 Å². The Kier molecular flexibility index (Phi) is 4.37. The fourth-order valence-corrected chi connectivity index (χ4v) is 3.04. The summed E-state index contributed by atoms with van der Waals surface area (Å²) in [6.45, 7) is 1.96. The first kappa shape index (κ1) is 15.0. The van der Waals surface area contributed by atoms with Crippen LogP contribution in [0.5, 0.6) is 0 Å². The Bertz CT molecular complexity index is 545. The van der Waals surface area contributed by atoms with Gasteiger partial charge in [-0.05, 0) is 32.1 Å². The fraction of sp³-hybridized carbons (Fsp3) is 0.714. The molecule has 0 saturated carbocycles. The number of likely N-dealkylation sites (tertiary alicyclic amines) is 1. The summed E-state index contributed by atoms with van der Waals surface area (Å²) in [4.78, 5) is 25.1. The third-order valence-electron chi connectivity index (χ3n) is 4.33. The van der Waals surface area contributed by atoms with Crippen LogP contribution in [-0.4, -0.2) is 62.7 Å². The minimum Gasteiger partial charge on any atom is -0.476 e. The third kappa shape index (κ3) is 3.11. The lowest BCUT2D eigenvalue weighted by Gasteiger charge is -2.34. The van der Waals surface area contributed by atoms with Crippen molar-refractivity contribution in [2.75, 3.05) is 19.7 Å². The summed E-state index contributed by atoms with van der Waals surface area (Å²) in [6, 6.07) is 0.0944. The van der Waals surface area contributed by atoms with Crippen LogP contribution in [0.15, 0.2) is 6.20 Å². The number of rotatable bonds is 3. The summed E-state index contributed by atoms with van der Waals surface area (Å²) >= 11 is 0. The molecule has 1 unspecified atom stereocenters. The Balaban J connectivity index is 1.55. The molecule has 1 atom stereocenters. The average molecular weight is 308 g/mol. The second-order valence-corrected chi connectivity index (χ2v) is 5.80. The van der Waals surface area contributed by atoms with Crippen LogP contribution < -0.4 is 0 Å². The first-order valence-electron chi connectivity index (χ1n) is 7.70. The number of nitrogens with zero attached hydrogens (tertiary/aromatic N) is 4. The van der Waals surface area contributed by atoms with E-state index in [0.717, 1.165) is 32.1 Å². The van der Waals surface area contributed by atoms with E-state index in [9.17, 15) is 9.59 Å². The number of hydrogen-bond donors (Lipinski definition) is 1. The Morgan fingerprint density at radius 3 is 2.59 bits per heavy atom. The molecule has 0 aromatic carbocycles. The third-order valence-corrected chi connectivity index (χ3v) is 4.33. The van der Waals surface area contributed by atoms with Crippen LogP contribution >= 0.6 is 0 Å². The molecule has 120 valence electrons. The van der Waals surface area contributed by atoms with Crippen LogP contribution in [0.3, 0.4) is 0 Å². The maximum atomic E-state index is 12.4. The molecule has 1 aromatic heterocycles. The quantitative estimate of drug-likeness (QED) is 0.883. The number of carboxylic acid groups (broad SMARTS) is 1. The molecule has 2 fully saturated rings. The van der Waals surface area contributed by atoms with Gasteiger partial charge in [0.05, 0.1) is 12.2 Å². The SMILES string of the molecule is O=C(O)c1cn(C2CCN(C(=O)C3CCCCO3)CC2)nn1. The molecule has 1 amide bonds. The number of aromatic carboxylic acids is 1. The molecule has 8 heteroatoms. The van der Waals surface area contributed by atoms with Crippen LogP contribution in [0, 0.1) is 0 Å². The normalized spacial score (nSPS) is 23.5. The highest BCUT2D eigenvalue weighted by Gasteiger charge is 2.30. The minimum atomic E-state index is -1.08. The van der Waals surface area contributed by atoms with Gasteiger partial charge < -0.3 is 14.7 Å². The van der Waals surface area contributed by atoms with Crippen molar-refractivity contribution in [2.24, 2.45) is 0 Å². The predicted molar refractivity (Wildman–Crippen MR) is 75.4 cm³/mol. The van der Waals surface area contributed by atoms with Crippen molar-refractivity contribution in [3.05, 3.63) is 11.9 Å². The molecule has 3 rings (SSSR count). The highest BCUT2D eigenvalue weighted by atomic mass is 16.5. The lowest BCUT2D eigenvalue weighted by atomic mass is 10.0. The van der Waals surface area contributed by atoms with E-state index in [1.54, 1.807) is 4.68 Å². The van der Waals surface area contributed by atoms with E-state index >= 15 is 0 Å². The van der Waals surface area contributed by atoms with Gasteiger partial charge in [0.25, 0.3) is 5.91 Å². The number of amides is 1. The van der Waals surface area contributed by atoms with Crippen molar-refractivity contribution in [1.29, 1.82) is 0 Å². The predicted octanol–water partition coefficient (Wildman–Crippen LogP) is 0.709. The van der Waals surface area contributed by atoms with Gasteiger partial charge in [-0.25, -0.2) is 9.48 Å². The number of piperidine rings is 1. The molecule has 0 aliphatic carbocycles. The van der Waals surface area contributed by atoms with Gasteiger partial charge in [-0.3, -0.25) is 4.79 Å². The van der Waals surface area contributed by atoms with Gasteiger partial charge in [-0.15, -0.1) is 5.10 Å². The Morgan fingerprint density at radius 1 is 1.23 bits per heavy atom. The van der Waals surface area contributed by atoms with Gasteiger partial charge in [-0.2, -0.15) is 0 Å². The van der Waals surface area contributed by atoms with Crippen LogP contribution in [0.4, 0.5) is 0 Å². The summed E-state index contributed by atoms with van der Waals surface area (Å²) < 4.78 is 7.15. The van der Waals surface area contributed by atoms with Crippen LogP contribution in [0.1, 0.15) is 48.6 Å². The van der Waals surface area contributed by atoms with E-state index < -0.39 is 5.97 Å². The zero-order valence-corrected chi connectivity index (χ0v) is 12.3. The van der Waals surface area contributed by atoms with Crippen molar-refractivity contribution in [2.45, 2.75) is 44.2 Å². The number of hydrogen-bond acceptors (Lipinski definition) is 5. The van der Waals surface area contributed by atoms with Crippen molar-refractivity contribution in [1.82, 2.24) is 19.9 Å². The molecule has 0 radical (unpaired) electrons. The molecule has 0 bridgehead atoms. The molecule has 0 spiro atoms. The second kappa shape index (κ2) is 6.43. The number of carbonyl (C=O) groups is 2. The van der Waals surface area contributed by atoms with Crippen molar-refractivity contribution in [3.8, 4) is 0 Å². The molecule has 2 saturated heterocycles. The van der Waals surface area contributed by atoms with Crippen LogP contribution in [0.25, 0.3) is 0 Å². The minimum absolute atomic E-state index is 0.0471. The van der Waals surface area contributed by atoms with Crippen molar-refractivity contribution < 1.29 is 19.4 Å². The van der Waals surface area contributed by atoms with Crippen LogP contribution in [-0.2, 0) is 9.53 Å². The Morgan fingerprint density at radius 2 is 2.00 bits per heavy atom. The van der Waals surface area contributed by atoms with Crippen molar-refractivity contribution >= 4 is 11.9 Å². The molecular formula is C14H20N4O4. The van der Waals surface area contributed by atoms with Gasteiger partial charge in [0, 0.05) is 19.7 Å². The molecule has 2 aliphatic heterocycles. The smallest absolute Gasteiger partial charge is 0.358 e. The van der Waals surface area contributed by atoms with Gasteiger partial charge in [-0.1, -0.05) is 5.21 Å². The van der Waals surface area contributed by atoms with E-state index in [4.69, 9.17) is 9.84 Å². The second-order valence-electron chi connectivity index (χ2n) is 5.80. The lowest BCUT2D eigenvalue weighted by molar-refractivity contribution is -0.147. The lowest BCUT2D eigenvalue weighted by Crippen LogP contribution is -2.46. The number of aromatic nitrogens is 3. The monoisotopic (exact) mass is 308 g/mol. The van der Waals surface area contributed by atoms with Gasteiger partial charge in [0.2, 0.25) is 0 Å². The van der Waals surface area contributed by atoms with E-state index in [1.165, 1.54) is 6.20 Å². The first-order chi connectivity index (χ1) is 10.6. The summed E-state index contributed by atoms with van der Waals surface area (Å²) in [5.74, 6) is -0.990. The molecular weight excluding hydrogens is 288 g/mol. The van der Waals surface area contributed by atoms with Gasteiger partial charge in [0.1, 0.15) is 6.10 Å². The molecule has 1 aromatic rings. The molecule has 3 heterocycles.